The molecule has 1 aromatic carbocycles. The summed E-state index contributed by atoms with van der Waals surface area (Å²) in [5, 5.41) is 7.16. The number of carbonyl (C=O) groups is 1. The Hall–Kier alpha value is -5.42. The topological polar surface area (TPSA) is 52.2 Å². The zero-order valence-electron chi connectivity index (χ0n) is 17.4. The van der Waals surface area contributed by atoms with Crippen LogP contribution >= 0.6 is 0 Å². The molecule has 192 valence electrons. The quantitative estimate of drug-likeness (QED) is 0.377. The maximum Gasteiger partial charge on any atom is 0.419 e. The minimum atomic E-state index is -4.75. The predicted octanol–water partition coefficient (Wildman–Crippen LogP) is 3.78. The maximum atomic E-state index is 13.9. The third-order valence-electron chi connectivity index (χ3n) is 6.08. The minimum Gasteiger partial charge on any atom is -0.337 e. The predicted molar refractivity (Wildman–Crippen MR) is 102 cm³/mol. The fourth-order valence-electron chi connectivity index (χ4n) is 4.47. The first kappa shape index (κ1) is 25.6. The summed E-state index contributed by atoms with van der Waals surface area (Å²) in [6.45, 7) is 6.65. The van der Waals surface area contributed by atoms with E-state index in [9.17, 15) is 22.4 Å². The van der Waals surface area contributed by atoms with Crippen molar-refractivity contribution < 1.29 is 22.4 Å². The van der Waals surface area contributed by atoms with Crippen LogP contribution in [0.15, 0.2) is 18.2 Å². The van der Waals surface area contributed by atoms with Crippen molar-refractivity contribution in [3.63, 3.8) is 0 Å². The molecule has 2 aliphatic heterocycles. The number of piperidine rings is 1. The second kappa shape index (κ2) is 9.16. The van der Waals surface area contributed by atoms with E-state index in [4.69, 9.17) is 0 Å². The fourth-order valence-corrected chi connectivity index (χ4v) is 4.47. The number of aromatic nitrogens is 2. The number of amides is 1. The average molecular weight is 1180 g/mol. The molecule has 0 unspecified atom stereocenters. The first-order chi connectivity index (χ1) is 14.3. The summed E-state index contributed by atoms with van der Waals surface area (Å²) in [5.41, 5.74) is 1.01. The molecule has 0 aliphatic carbocycles. The van der Waals surface area contributed by atoms with Crippen LogP contribution < -0.4 is 0 Å². The number of halogens is 4. The average Bonchev–Trinajstić information content (AvgIpc) is 3.15. The molecule has 0 bridgehead atoms. The van der Waals surface area contributed by atoms with Crippen molar-refractivity contribution in [2.24, 2.45) is 0 Å². The van der Waals surface area contributed by atoms with Gasteiger partial charge in [-0.15, -0.1) is 6.54 Å². The number of rotatable bonds is 3. The molecule has 2 aromatic rings. The minimum absolute atomic E-state index is 0. The third-order valence-corrected chi connectivity index (χ3v) is 6.08. The van der Waals surface area contributed by atoms with Crippen molar-refractivity contribution in [2.75, 3.05) is 26.2 Å². The van der Waals surface area contributed by atoms with E-state index in [0.717, 1.165) is 23.9 Å². The Kier molecular flexibility index (Phi) is 7.11. The number of hydrogen-bond acceptors (Lipinski definition) is 3. The molecule has 1 fully saturated rings. The van der Waals surface area contributed by atoms with Crippen LogP contribution in [0, 0.1) is 12.7 Å². The van der Waals surface area contributed by atoms with E-state index in [0.29, 0.717) is 51.1 Å². The van der Waals surface area contributed by atoms with Crippen LogP contribution in [0.25, 0.3) is 0 Å². The van der Waals surface area contributed by atoms with Crippen LogP contribution in [-0.4, -0.2) is 52.1 Å². The molecule has 12 heteroatoms. The van der Waals surface area contributed by atoms with Crippen LogP contribution in [-0.2, 0) is 19.1 Å². The van der Waals surface area contributed by atoms with Gasteiger partial charge in [0, 0.05) is 25.2 Å². The Morgan fingerprint density at radius 2 is 1.82 bits per heavy atom. The zero-order chi connectivity index (χ0) is 21.5. The number of fused-ring (bicyclic) bond motifs is 1. The Bertz CT molecular complexity index is 946. The number of likely N-dealkylation sites (tertiary alicyclic amines) is 1. The second-order valence-corrected chi connectivity index (χ2v) is 7.82. The van der Waals surface area contributed by atoms with E-state index in [1.165, 1.54) is 12.1 Å². The van der Waals surface area contributed by atoms with Crippen LogP contribution in [0.2, 0.25) is 0 Å². The molecule has 2 aliphatic rings. The van der Waals surface area contributed by atoms with Gasteiger partial charge in [-0.3, -0.25) is 9.89 Å². The monoisotopic (exact) mass is 1170 g/mol. The Morgan fingerprint density at radius 3 is 2.42 bits per heavy atom. The molecule has 4 rings (SSSR count). The number of nitrogens with one attached hydrogen (secondary N) is 1. The summed E-state index contributed by atoms with van der Waals surface area (Å²) < 4.78 is 53.9. The normalized spacial score (nSPS) is 16.8. The van der Waals surface area contributed by atoms with E-state index in [1.54, 1.807) is 4.90 Å². The summed E-state index contributed by atoms with van der Waals surface area (Å²) in [5.74, 6) is -1.90. The molecule has 3 heterocycles. The molecular weight excluding hydrogens is 1150 g/mol. The van der Waals surface area contributed by atoms with Crippen molar-refractivity contribution in [2.45, 2.75) is 37.9 Å². The number of aromatic amines is 1. The van der Waals surface area contributed by atoms with Gasteiger partial charge in [0.05, 0.1) is 11.3 Å². The van der Waals surface area contributed by atoms with E-state index in [2.05, 4.69) is 22.0 Å². The van der Waals surface area contributed by atoms with Crippen molar-refractivity contribution in [3.05, 3.63) is 59.0 Å². The molecule has 0 saturated carbocycles. The zero-order valence-corrected chi connectivity index (χ0v) is 25.3. The molecule has 33 heavy (non-hydrogen) atoms. The van der Waals surface area contributed by atoms with E-state index < -0.39 is 23.5 Å². The van der Waals surface area contributed by atoms with Gasteiger partial charge in [0.15, 0.2) is 5.69 Å². The van der Waals surface area contributed by atoms with E-state index in [1.807, 2.05) is 0 Å². The molecule has 1 aromatic heterocycles. The molecular formula is C21H23Cf3F4N4O-. The van der Waals surface area contributed by atoms with Gasteiger partial charge >= 0.3 is 6.18 Å². The van der Waals surface area contributed by atoms with Gasteiger partial charge in [0.1, 0.15) is 5.82 Å². The molecule has 0 radical (unpaired) electrons. The van der Waals surface area contributed by atoms with Crippen LogP contribution in [0.1, 0.15) is 51.6 Å². The summed E-state index contributed by atoms with van der Waals surface area (Å²) in [6, 6.07) is 3.48. The number of carbonyl (C=O) groups excluding carboxylic acids is 1. The van der Waals surface area contributed by atoms with E-state index >= 15 is 0 Å². The van der Waals surface area contributed by atoms with Crippen LogP contribution in [0.3, 0.4) is 0 Å². The number of alkyl halides is 3. The molecule has 1 saturated heterocycles. The largest absolute Gasteiger partial charge is 0.419 e. The molecule has 0 atom stereocenters. The summed E-state index contributed by atoms with van der Waals surface area (Å²) >= 11 is 0. The SMILES string of the molecule is [CH2-]CN1CCc2c(C(=O)N3CCC(c4cccc(F)c4C(F)(F)F)CC3)n[nH]c2C1.[Cf].[Cf].[Cf]. The van der Waals surface area contributed by atoms with Crippen LogP contribution in [0.5, 0.6) is 0 Å². The smallest absolute Gasteiger partial charge is 0.337 e. The van der Waals surface area contributed by atoms with Gasteiger partial charge in [-0.1, -0.05) is 12.1 Å². The van der Waals surface area contributed by atoms with Crippen molar-refractivity contribution in [1.82, 2.24) is 20.0 Å². The standard InChI is InChI=1S/C21H23F4N4O.3Cf/c1-2-28-9-8-15-17(12-28)26-27-19(15)20(30)29-10-6-13(7-11-29)14-4-3-5-16(22)18(14)21(23,24)25;;;/h3-5,13H,1-2,6-12H2,(H,26,27);;;/q-1;;;. The molecule has 1 amide bonds. The van der Waals surface area contributed by atoms with Gasteiger partial charge < -0.3 is 16.7 Å². The van der Waals surface area contributed by atoms with Gasteiger partial charge in [-0.2, -0.15) is 18.3 Å². The Morgan fingerprint density at radius 1 is 1.15 bits per heavy atom. The van der Waals surface area contributed by atoms with E-state index in [-0.39, 0.29) is 11.5 Å². The number of H-pyrrole nitrogens is 1. The van der Waals surface area contributed by atoms with Gasteiger partial charge in [-0.25, -0.2) is 4.39 Å². The first-order valence-corrected chi connectivity index (χ1v) is 10.0. The summed E-state index contributed by atoms with van der Waals surface area (Å²) in [7, 11) is 0. The molecule has 0 spiro atoms. The molecule has 5 nitrogen and oxygen atoms in total. The van der Waals surface area contributed by atoms with Gasteiger partial charge in [0.2, 0.25) is 0 Å². The van der Waals surface area contributed by atoms with Gasteiger partial charge in [0.25, 0.3) is 5.91 Å². The van der Waals surface area contributed by atoms with Crippen molar-refractivity contribution in [3.8, 4) is 0 Å². The third kappa shape index (κ3) is 4.38. The second-order valence-electron chi connectivity index (χ2n) is 7.82. The number of hydrogen-bond donors (Lipinski definition) is 1. The summed E-state index contributed by atoms with van der Waals surface area (Å²) in [4.78, 5) is 16.8. The number of nitrogens with zero attached hydrogens (tertiary/aromatic N) is 3. The van der Waals surface area contributed by atoms with Gasteiger partial charge in [-0.05, 0) is 43.4 Å². The fraction of sp³-hybridized carbons (Fsp3) is 0.476. The first-order valence-electron chi connectivity index (χ1n) is 10.0. The Labute approximate surface area is 172 Å². The summed E-state index contributed by atoms with van der Waals surface area (Å²) in [6.07, 6.45) is -3.35. The maximum absolute atomic E-state index is 13.9. The van der Waals surface area contributed by atoms with Crippen molar-refractivity contribution in [1.29, 1.82) is 0 Å². The van der Waals surface area contributed by atoms with Crippen molar-refractivity contribution >= 4 is 5.91 Å². The van der Waals surface area contributed by atoms with Crippen LogP contribution in [0.4, 0.5) is 17.6 Å². The molecule has 1 N–H and O–H groups in total. The number of benzene rings is 1. The Balaban J connectivity index is 0.00000181.